The summed E-state index contributed by atoms with van der Waals surface area (Å²) in [6.45, 7) is 0.707. The average Bonchev–Trinajstić information content (AvgIpc) is 3.26. The lowest BCUT2D eigenvalue weighted by atomic mass is 10.2. The summed E-state index contributed by atoms with van der Waals surface area (Å²) in [4.78, 5) is 23.4. The van der Waals surface area contributed by atoms with E-state index in [-0.39, 0.29) is 5.56 Å². The van der Waals surface area contributed by atoms with Crippen LogP contribution in [0.1, 0.15) is 11.4 Å². The lowest BCUT2D eigenvalue weighted by molar-refractivity contribution is 0.730. The normalized spacial score (nSPS) is 11.4. The summed E-state index contributed by atoms with van der Waals surface area (Å²) in [5.74, 6) is 1.13. The number of hydrogen-bond acceptors (Lipinski definition) is 4. The fraction of sp³-hybridized carbons (Fsp3) is 0.0690. The number of hydrogen-bond donors (Lipinski definition) is 0. The molecular formula is C29H21ClN4OS. The van der Waals surface area contributed by atoms with E-state index in [4.69, 9.17) is 21.6 Å². The van der Waals surface area contributed by atoms with Crippen LogP contribution in [0.3, 0.4) is 0 Å². The Morgan fingerprint density at radius 1 is 0.750 bits per heavy atom. The van der Waals surface area contributed by atoms with Crippen LogP contribution < -0.4 is 5.56 Å². The minimum atomic E-state index is -0.101. The minimum absolute atomic E-state index is 0.101. The van der Waals surface area contributed by atoms with Crippen molar-refractivity contribution in [3.8, 4) is 5.69 Å². The van der Waals surface area contributed by atoms with Gasteiger partial charge in [-0.2, -0.15) is 0 Å². The number of fused-ring (bicyclic) bond motifs is 2. The zero-order valence-electron chi connectivity index (χ0n) is 19.2. The number of nitrogens with zero attached hydrogens (tertiary/aromatic N) is 4. The van der Waals surface area contributed by atoms with Crippen LogP contribution in [0.4, 0.5) is 0 Å². The maximum Gasteiger partial charge on any atom is 0.265 e. The van der Waals surface area contributed by atoms with Crippen molar-refractivity contribution in [1.29, 1.82) is 0 Å². The first-order chi connectivity index (χ1) is 17.7. The Bertz CT molecular complexity index is 1740. The van der Waals surface area contributed by atoms with Crippen LogP contribution in [0.5, 0.6) is 0 Å². The Hall–Kier alpha value is -3.87. The lowest BCUT2D eigenvalue weighted by Gasteiger charge is -2.14. The minimum Gasteiger partial charge on any atom is -0.314 e. The SMILES string of the molecule is O=c1c2ccccc2nc(CSc2nc3ccccc3n2Cc2ccccc2)n1-c1ccc(Cl)cc1. The van der Waals surface area contributed by atoms with Gasteiger partial charge in [-0.05, 0) is 54.1 Å². The fourth-order valence-electron chi connectivity index (χ4n) is 4.34. The van der Waals surface area contributed by atoms with Crippen LogP contribution in [-0.2, 0) is 12.3 Å². The highest BCUT2D eigenvalue weighted by Crippen LogP contribution is 2.28. The average molecular weight is 509 g/mol. The van der Waals surface area contributed by atoms with Crippen LogP contribution in [-0.4, -0.2) is 19.1 Å². The van der Waals surface area contributed by atoms with E-state index in [1.165, 1.54) is 5.56 Å². The molecule has 36 heavy (non-hydrogen) atoms. The van der Waals surface area contributed by atoms with Gasteiger partial charge in [0.2, 0.25) is 0 Å². The Labute approximate surface area is 217 Å². The number of para-hydroxylation sites is 3. The van der Waals surface area contributed by atoms with Crippen molar-refractivity contribution in [2.75, 3.05) is 0 Å². The molecule has 2 aromatic heterocycles. The second-order valence-corrected chi connectivity index (χ2v) is 9.78. The van der Waals surface area contributed by atoms with Gasteiger partial charge in [0.15, 0.2) is 5.16 Å². The zero-order chi connectivity index (χ0) is 24.5. The largest absolute Gasteiger partial charge is 0.314 e. The van der Waals surface area contributed by atoms with Gasteiger partial charge in [0, 0.05) is 5.02 Å². The van der Waals surface area contributed by atoms with Gasteiger partial charge in [-0.1, -0.05) is 78.0 Å². The van der Waals surface area contributed by atoms with E-state index in [2.05, 4.69) is 22.8 Å². The lowest BCUT2D eigenvalue weighted by Crippen LogP contribution is -2.23. The Balaban J connectivity index is 1.44. The topological polar surface area (TPSA) is 52.7 Å². The zero-order valence-corrected chi connectivity index (χ0v) is 20.8. The van der Waals surface area contributed by atoms with Crippen LogP contribution in [0, 0.1) is 0 Å². The first-order valence-corrected chi connectivity index (χ1v) is 12.9. The molecule has 6 aromatic rings. The quantitative estimate of drug-likeness (QED) is 0.234. The molecule has 0 aliphatic rings. The molecule has 0 saturated carbocycles. The molecule has 0 bridgehead atoms. The maximum absolute atomic E-state index is 13.6. The van der Waals surface area contributed by atoms with Crippen molar-refractivity contribution in [3.63, 3.8) is 0 Å². The molecule has 0 aliphatic carbocycles. The highest BCUT2D eigenvalue weighted by atomic mass is 35.5. The predicted molar refractivity (Wildman–Crippen MR) is 147 cm³/mol. The monoisotopic (exact) mass is 508 g/mol. The van der Waals surface area contributed by atoms with Crippen LogP contribution in [0.15, 0.2) is 113 Å². The van der Waals surface area contributed by atoms with Gasteiger partial charge in [0.25, 0.3) is 5.56 Å². The highest BCUT2D eigenvalue weighted by molar-refractivity contribution is 7.98. The summed E-state index contributed by atoms with van der Waals surface area (Å²) in [6.07, 6.45) is 0. The van der Waals surface area contributed by atoms with Crippen molar-refractivity contribution >= 4 is 45.3 Å². The summed E-state index contributed by atoms with van der Waals surface area (Å²) in [6, 6.07) is 33.2. The number of thioether (sulfide) groups is 1. The summed E-state index contributed by atoms with van der Waals surface area (Å²) < 4.78 is 3.90. The van der Waals surface area contributed by atoms with E-state index in [0.717, 1.165) is 21.9 Å². The van der Waals surface area contributed by atoms with E-state index < -0.39 is 0 Å². The first kappa shape index (κ1) is 22.6. The number of halogens is 1. The molecule has 0 spiro atoms. The standard InChI is InChI=1S/C29H21ClN4OS/c30-21-14-16-22(17-15-21)34-27(31-24-11-5-4-10-23(24)28(34)35)19-36-29-32-25-12-6-7-13-26(25)33(29)18-20-8-2-1-3-9-20/h1-17H,18-19H2. The molecule has 0 radical (unpaired) electrons. The smallest absolute Gasteiger partial charge is 0.265 e. The molecule has 176 valence electrons. The molecule has 0 atom stereocenters. The Morgan fingerprint density at radius 3 is 2.25 bits per heavy atom. The number of benzene rings is 4. The van der Waals surface area contributed by atoms with Gasteiger partial charge < -0.3 is 4.57 Å². The molecule has 5 nitrogen and oxygen atoms in total. The molecule has 4 aromatic carbocycles. The fourth-order valence-corrected chi connectivity index (χ4v) is 5.40. The van der Waals surface area contributed by atoms with Crippen LogP contribution in [0.2, 0.25) is 5.02 Å². The first-order valence-electron chi connectivity index (χ1n) is 11.6. The third kappa shape index (κ3) is 4.30. The molecular weight excluding hydrogens is 488 g/mol. The molecule has 0 unspecified atom stereocenters. The van der Waals surface area contributed by atoms with Crippen molar-refractivity contribution in [1.82, 2.24) is 19.1 Å². The number of aromatic nitrogens is 4. The van der Waals surface area contributed by atoms with Gasteiger partial charge in [0.1, 0.15) is 5.82 Å². The summed E-state index contributed by atoms with van der Waals surface area (Å²) in [5, 5.41) is 2.08. The summed E-state index contributed by atoms with van der Waals surface area (Å²) in [7, 11) is 0. The number of rotatable bonds is 6. The predicted octanol–water partition coefficient (Wildman–Crippen LogP) is 6.73. The molecule has 7 heteroatoms. The van der Waals surface area contributed by atoms with E-state index in [9.17, 15) is 4.79 Å². The van der Waals surface area contributed by atoms with E-state index in [0.29, 0.717) is 34.0 Å². The van der Waals surface area contributed by atoms with Gasteiger partial charge in [-0.3, -0.25) is 9.36 Å². The van der Waals surface area contributed by atoms with Gasteiger partial charge in [0.05, 0.1) is 39.9 Å². The molecule has 6 rings (SSSR count). The second kappa shape index (κ2) is 9.64. The van der Waals surface area contributed by atoms with Crippen LogP contribution in [0.25, 0.3) is 27.6 Å². The van der Waals surface area contributed by atoms with Gasteiger partial charge in [-0.25, -0.2) is 9.97 Å². The Morgan fingerprint density at radius 2 is 1.44 bits per heavy atom. The summed E-state index contributed by atoms with van der Waals surface area (Å²) >= 11 is 7.70. The van der Waals surface area contributed by atoms with Gasteiger partial charge in [-0.15, -0.1) is 0 Å². The van der Waals surface area contributed by atoms with Gasteiger partial charge >= 0.3 is 0 Å². The maximum atomic E-state index is 13.6. The molecule has 0 aliphatic heterocycles. The molecule has 0 N–H and O–H groups in total. The van der Waals surface area contributed by atoms with E-state index in [1.54, 1.807) is 28.5 Å². The van der Waals surface area contributed by atoms with Crippen LogP contribution >= 0.6 is 23.4 Å². The van der Waals surface area contributed by atoms with Crippen molar-refractivity contribution < 1.29 is 0 Å². The van der Waals surface area contributed by atoms with E-state index >= 15 is 0 Å². The second-order valence-electron chi connectivity index (χ2n) is 8.41. The molecule has 0 saturated heterocycles. The highest BCUT2D eigenvalue weighted by Gasteiger charge is 2.16. The van der Waals surface area contributed by atoms with Crippen molar-refractivity contribution in [3.05, 3.63) is 130 Å². The Kier molecular flexibility index (Phi) is 6.05. The third-order valence-corrected chi connectivity index (χ3v) is 7.29. The van der Waals surface area contributed by atoms with E-state index in [1.807, 2.05) is 72.8 Å². The summed E-state index contributed by atoms with van der Waals surface area (Å²) in [5.41, 5.74) is 4.53. The molecule has 0 amide bonds. The number of imidazole rings is 1. The third-order valence-electron chi connectivity index (χ3n) is 6.06. The molecule has 2 heterocycles. The van der Waals surface area contributed by atoms with Crippen molar-refractivity contribution in [2.24, 2.45) is 0 Å². The molecule has 0 fully saturated rings. The van der Waals surface area contributed by atoms with Crippen molar-refractivity contribution in [2.45, 2.75) is 17.5 Å².